The van der Waals surface area contributed by atoms with E-state index in [1.54, 1.807) is 0 Å². The number of thioether (sulfide) groups is 1. The van der Waals surface area contributed by atoms with Gasteiger partial charge in [0.2, 0.25) is 5.84 Å². The molecular weight excluding hydrogens is 454 g/mol. The lowest BCUT2D eigenvalue weighted by Crippen LogP contribution is -2.30. The molecule has 0 saturated heterocycles. The number of rotatable bonds is 3. The van der Waals surface area contributed by atoms with Gasteiger partial charge in [-0.15, -0.1) is 11.8 Å². The van der Waals surface area contributed by atoms with E-state index in [2.05, 4.69) is 36.9 Å². The zero-order chi connectivity index (χ0) is 16.4. The Bertz CT molecular complexity index is 556. The average Bonchev–Trinajstić information content (AvgIpc) is 2.28. The Morgan fingerprint density at radius 2 is 1.67 bits per heavy atom. The molecule has 0 aromatic heterocycles. The van der Waals surface area contributed by atoms with Crippen molar-refractivity contribution in [3.8, 4) is 0 Å². The van der Waals surface area contributed by atoms with Crippen LogP contribution in [0.4, 0.5) is 32.0 Å². The minimum Gasteiger partial charge on any atom is -0.380 e. The van der Waals surface area contributed by atoms with E-state index in [4.69, 9.17) is 5.73 Å². The zero-order valence-electron chi connectivity index (χ0n) is 9.82. The lowest BCUT2D eigenvalue weighted by molar-refractivity contribution is -0.105. The second kappa shape index (κ2) is 6.78. The summed E-state index contributed by atoms with van der Waals surface area (Å²) in [6.45, 7) is 0. The second-order valence-electron chi connectivity index (χ2n) is 3.63. The number of nitrogens with zero attached hydrogens (tertiary/aromatic N) is 1. The van der Waals surface area contributed by atoms with Crippen LogP contribution in [-0.2, 0) is 0 Å². The Morgan fingerprint density at radius 1 is 1.10 bits per heavy atom. The maximum absolute atomic E-state index is 12.3. The van der Waals surface area contributed by atoms with E-state index >= 15 is 0 Å². The Hall–Kier alpha value is -0.420. The normalized spacial score (nSPS) is 13.6. The van der Waals surface area contributed by atoms with Crippen molar-refractivity contribution >= 4 is 55.1 Å². The molecule has 1 rings (SSSR count). The summed E-state index contributed by atoms with van der Waals surface area (Å²) in [4.78, 5) is 3.28. The van der Waals surface area contributed by atoms with E-state index in [-0.39, 0.29) is 15.1 Å². The van der Waals surface area contributed by atoms with Crippen LogP contribution in [0.15, 0.2) is 31.0 Å². The first-order valence-corrected chi connectivity index (χ1v) is 7.57. The molecule has 2 nitrogen and oxygen atoms in total. The largest absolute Gasteiger partial charge is 0.448 e. The van der Waals surface area contributed by atoms with Crippen molar-refractivity contribution in [2.24, 2.45) is 10.7 Å². The molecule has 0 radical (unpaired) electrons. The molecule has 2 N–H and O–H groups in total. The highest BCUT2D eigenvalue weighted by Crippen LogP contribution is 2.39. The van der Waals surface area contributed by atoms with Crippen LogP contribution in [0.1, 0.15) is 0 Å². The Balaban J connectivity index is 3.12. The van der Waals surface area contributed by atoms with Crippen LogP contribution >= 0.6 is 43.6 Å². The van der Waals surface area contributed by atoms with Crippen LogP contribution in [0.2, 0.25) is 0 Å². The number of benzene rings is 1. The molecule has 0 bridgehead atoms. The summed E-state index contributed by atoms with van der Waals surface area (Å²) in [5.41, 5.74) is 4.58. The minimum atomic E-state index is -4.81. The van der Waals surface area contributed by atoms with Gasteiger partial charge in [0.1, 0.15) is 0 Å². The number of hydrogen-bond donors (Lipinski definition) is 1. The molecule has 0 atom stereocenters. The van der Waals surface area contributed by atoms with Crippen LogP contribution in [-0.4, -0.2) is 23.9 Å². The second-order valence-corrected chi connectivity index (χ2v) is 6.36. The third-order valence-electron chi connectivity index (χ3n) is 1.92. The van der Waals surface area contributed by atoms with Gasteiger partial charge < -0.3 is 5.73 Å². The minimum absolute atomic E-state index is 0.101. The van der Waals surface area contributed by atoms with Gasteiger partial charge in [-0.2, -0.15) is 26.3 Å². The highest BCUT2D eigenvalue weighted by molar-refractivity contribution is 9.11. The molecule has 0 aliphatic heterocycles. The lowest BCUT2D eigenvalue weighted by Gasteiger charge is -2.10. The van der Waals surface area contributed by atoms with Gasteiger partial charge in [-0.1, -0.05) is 0 Å². The molecule has 0 saturated carbocycles. The third kappa shape index (κ3) is 6.07. The average molecular weight is 460 g/mol. The summed E-state index contributed by atoms with van der Waals surface area (Å²) in [6.07, 6.45) is -9.21. The summed E-state index contributed by atoms with van der Waals surface area (Å²) in [7, 11) is 0. The van der Waals surface area contributed by atoms with Gasteiger partial charge in [0.05, 0.1) is 11.4 Å². The maximum Gasteiger partial charge on any atom is 0.448 e. The highest BCUT2D eigenvalue weighted by Gasteiger charge is 2.34. The van der Waals surface area contributed by atoms with Gasteiger partial charge in [0.15, 0.2) is 0 Å². The van der Waals surface area contributed by atoms with Gasteiger partial charge in [0, 0.05) is 13.8 Å². The molecule has 0 aliphatic carbocycles. The Morgan fingerprint density at radius 3 is 2.14 bits per heavy atom. The van der Waals surface area contributed by atoms with Crippen molar-refractivity contribution in [2.75, 3.05) is 5.75 Å². The van der Waals surface area contributed by atoms with Crippen LogP contribution in [0.5, 0.6) is 0 Å². The molecule has 21 heavy (non-hydrogen) atoms. The first kappa shape index (κ1) is 18.6. The van der Waals surface area contributed by atoms with Crippen molar-refractivity contribution in [3.63, 3.8) is 0 Å². The molecular formula is C10H6Br2F6N2S. The monoisotopic (exact) mass is 458 g/mol. The first-order valence-electron chi connectivity index (χ1n) is 5.00. The Labute approximate surface area is 136 Å². The molecule has 0 unspecified atom stereocenters. The third-order valence-corrected chi connectivity index (χ3v) is 4.60. The number of hydrogen-bond acceptors (Lipinski definition) is 2. The first-order chi connectivity index (χ1) is 9.40. The zero-order valence-corrected chi connectivity index (χ0v) is 13.8. The summed E-state index contributed by atoms with van der Waals surface area (Å²) in [6, 6.07) is 2.39. The van der Waals surface area contributed by atoms with Crippen LogP contribution < -0.4 is 5.73 Å². The Kier molecular flexibility index (Phi) is 6.01. The number of amidine groups is 1. The van der Waals surface area contributed by atoms with E-state index < -0.39 is 23.9 Å². The molecule has 1 aromatic rings. The topological polar surface area (TPSA) is 38.4 Å². The highest BCUT2D eigenvalue weighted by atomic mass is 79.9. The molecule has 0 amide bonds. The van der Waals surface area contributed by atoms with E-state index in [0.29, 0.717) is 16.2 Å². The fourth-order valence-electron chi connectivity index (χ4n) is 1.07. The number of aliphatic imine (C=N–C) groups is 1. The summed E-state index contributed by atoms with van der Waals surface area (Å²) >= 11 is 6.44. The SMILES string of the molecule is N/C(=N/c1cc(SCC(F)(F)F)c(Br)cc1Br)C(F)(F)F. The molecule has 0 spiro atoms. The quantitative estimate of drug-likeness (QED) is 0.284. The van der Waals surface area contributed by atoms with Gasteiger partial charge >= 0.3 is 12.4 Å². The molecule has 11 heteroatoms. The molecule has 118 valence electrons. The molecule has 1 aromatic carbocycles. The number of nitrogens with two attached hydrogens (primary N) is 1. The fourth-order valence-corrected chi connectivity index (χ4v) is 3.20. The van der Waals surface area contributed by atoms with Crippen molar-refractivity contribution < 1.29 is 26.3 Å². The molecule has 0 aliphatic rings. The predicted molar refractivity (Wildman–Crippen MR) is 76.0 cm³/mol. The van der Waals surface area contributed by atoms with Crippen molar-refractivity contribution in [1.82, 2.24) is 0 Å². The van der Waals surface area contributed by atoms with Crippen molar-refractivity contribution in [1.29, 1.82) is 0 Å². The molecule has 0 heterocycles. The van der Waals surface area contributed by atoms with Crippen molar-refractivity contribution in [3.05, 3.63) is 21.1 Å². The maximum atomic E-state index is 12.3. The van der Waals surface area contributed by atoms with Gasteiger partial charge in [-0.3, -0.25) is 0 Å². The van der Waals surface area contributed by atoms with Gasteiger partial charge in [0.25, 0.3) is 0 Å². The van der Waals surface area contributed by atoms with Crippen LogP contribution in [0.3, 0.4) is 0 Å². The predicted octanol–water partition coefficient (Wildman–Crippen LogP) is 5.42. The number of halogens is 8. The van der Waals surface area contributed by atoms with Crippen LogP contribution in [0.25, 0.3) is 0 Å². The smallest absolute Gasteiger partial charge is 0.380 e. The lowest BCUT2D eigenvalue weighted by atomic mass is 10.3. The molecule has 0 fully saturated rings. The summed E-state index contributed by atoms with van der Waals surface area (Å²) < 4.78 is 73.9. The fraction of sp³-hybridized carbons (Fsp3) is 0.300. The standard InChI is InChI=1S/C10H6Br2F6N2S/c11-4-1-5(12)7(21-3-9(13,14)15)2-6(4)20-8(19)10(16,17)18/h1-2H,3H2,(H2,19,20). The summed E-state index contributed by atoms with van der Waals surface area (Å²) in [5.74, 6) is -2.76. The van der Waals surface area contributed by atoms with E-state index in [9.17, 15) is 26.3 Å². The van der Waals surface area contributed by atoms with Gasteiger partial charge in [-0.25, -0.2) is 4.99 Å². The van der Waals surface area contributed by atoms with Gasteiger partial charge in [-0.05, 0) is 44.0 Å². The van der Waals surface area contributed by atoms with E-state index in [1.165, 1.54) is 6.07 Å². The van der Waals surface area contributed by atoms with E-state index in [0.717, 1.165) is 6.07 Å². The number of alkyl halides is 6. The van der Waals surface area contributed by atoms with Crippen LogP contribution in [0, 0.1) is 0 Å². The summed E-state index contributed by atoms with van der Waals surface area (Å²) in [5, 5.41) is 0. The van der Waals surface area contributed by atoms with E-state index in [1.807, 2.05) is 0 Å². The van der Waals surface area contributed by atoms with Crippen molar-refractivity contribution in [2.45, 2.75) is 17.2 Å².